The van der Waals surface area contributed by atoms with Crippen molar-refractivity contribution in [3.8, 4) is 0 Å². The van der Waals surface area contributed by atoms with Crippen LogP contribution in [-0.2, 0) is 4.74 Å². The standard InChI is InChI=1S/C17H29NO2/c1-14(2)13-18(11-12-20-4)10-9-17(19)16-8-6-5-7-15(16)3/h5-8,14,17,19H,9-13H2,1-4H3. The molecule has 0 amide bonds. The van der Waals surface area contributed by atoms with E-state index in [1.165, 1.54) is 0 Å². The minimum atomic E-state index is -0.381. The molecule has 0 saturated carbocycles. The van der Waals surface area contributed by atoms with Crippen molar-refractivity contribution < 1.29 is 9.84 Å². The second kappa shape index (κ2) is 9.11. The Morgan fingerprint density at radius 2 is 1.90 bits per heavy atom. The lowest BCUT2D eigenvalue weighted by molar-refractivity contribution is 0.111. The summed E-state index contributed by atoms with van der Waals surface area (Å²) in [5.74, 6) is 0.627. The average Bonchev–Trinajstić information content (AvgIpc) is 2.41. The maximum Gasteiger partial charge on any atom is 0.0804 e. The topological polar surface area (TPSA) is 32.7 Å². The predicted molar refractivity (Wildman–Crippen MR) is 83.9 cm³/mol. The Balaban J connectivity index is 2.51. The maximum atomic E-state index is 10.4. The number of aliphatic hydroxyl groups excluding tert-OH is 1. The lowest BCUT2D eigenvalue weighted by Gasteiger charge is -2.25. The summed E-state index contributed by atoms with van der Waals surface area (Å²) in [6.07, 6.45) is 0.384. The number of rotatable bonds is 9. The van der Waals surface area contributed by atoms with Gasteiger partial charge >= 0.3 is 0 Å². The van der Waals surface area contributed by atoms with Crippen molar-refractivity contribution in [3.63, 3.8) is 0 Å². The molecule has 1 N–H and O–H groups in total. The molecule has 0 fully saturated rings. The van der Waals surface area contributed by atoms with Crippen LogP contribution >= 0.6 is 0 Å². The van der Waals surface area contributed by atoms with E-state index in [1.54, 1.807) is 7.11 Å². The van der Waals surface area contributed by atoms with Gasteiger partial charge in [0.1, 0.15) is 0 Å². The number of methoxy groups -OCH3 is 1. The Kier molecular flexibility index (Phi) is 7.82. The molecule has 0 aliphatic heterocycles. The summed E-state index contributed by atoms with van der Waals surface area (Å²) in [5.41, 5.74) is 2.20. The van der Waals surface area contributed by atoms with Gasteiger partial charge in [-0.25, -0.2) is 0 Å². The quantitative estimate of drug-likeness (QED) is 0.754. The highest BCUT2D eigenvalue weighted by Crippen LogP contribution is 2.20. The summed E-state index contributed by atoms with van der Waals surface area (Å²) in [6.45, 7) is 10.1. The Bertz CT molecular complexity index is 379. The van der Waals surface area contributed by atoms with E-state index in [1.807, 2.05) is 18.2 Å². The van der Waals surface area contributed by atoms with Gasteiger partial charge in [-0.1, -0.05) is 38.1 Å². The van der Waals surface area contributed by atoms with Crippen molar-refractivity contribution in [2.24, 2.45) is 5.92 Å². The fraction of sp³-hybridized carbons (Fsp3) is 0.647. The first-order valence-electron chi connectivity index (χ1n) is 7.49. The first-order chi connectivity index (χ1) is 9.54. The molecule has 0 heterocycles. The number of hydrogen-bond acceptors (Lipinski definition) is 3. The summed E-state index contributed by atoms with van der Waals surface area (Å²) in [4.78, 5) is 2.37. The van der Waals surface area contributed by atoms with Gasteiger partial charge in [-0.2, -0.15) is 0 Å². The molecule has 0 bridgehead atoms. The van der Waals surface area contributed by atoms with Gasteiger partial charge in [0, 0.05) is 26.7 Å². The Morgan fingerprint density at radius 3 is 2.50 bits per heavy atom. The number of aliphatic hydroxyl groups is 1. The Labute approximate surface area is 123 Å². The molecule has 0 aliphatic carbocycles. The normalized spacial score (nSPS) is 13.2. The third kappa shape index (κ3) is 6.04. The van der Waals surface area contributed by atoms with E-state index in [4.69, 9.17) is 4.74 Å². The monoisotopic (exact) mass is 279 g/mol. The Morgan fingerprint density at radius 1 is 1.20 bits per heavy atom. The smallest absolute Gasteiger partial charge is 0.0804 e. The number of ether oxygens (including phenoxy) is 1. The molecule has 20 heavy (non-hydrogen) atoms. The van der Waals surface area contributed by atoms with E-state index < -0.39 is 0 Å². The van der Waals surface area contributed by atoms with E-state index in [-0.39, 0.29) is 6.10 Å². The van der Waals surface area contributed by atoms with Crippen molar-refractivity contribution in [3.05, 3.63) is 35.4 Å². The first kappa shape index (κ1) is 17.2. The van der Waals surface area contributed by atoms with Crippen LogP contribution in [-0.4, -0.2) is 43.4 Å². The molecule has 0 saturated heterocycles. The van der Waals surface area contributed by atoms with Crippen molar-refractivity contribution >= 4 is 0 Å². The SMILES string of the molecule is COCCN(CCC(O)c1ccccc1C)CC(C)C. The van der Waals surface area contributed by atoms with Gasteiger partial charge in [-0.15, -0.1) is 0 Å². The first-order valence-corrected chi connectivity index (χ1v) is 7.49. The lowest BCUT2D eigenvalue weighted by Crippen LogP contribution is -2.32. The van der Waals surface area contributed by atoms with E-state index in [0.717, 1.165) is 43.8 Å². The fourth-order valence-electron chi connectivity index (χ4n) is 2.45. The highest BCUT2D eigenvalue weighted by atomic mass is 16.5. The fourth-order valence-corrected chi connectivity index (χ4v) is 2.45. The van der Waals surface area contributed by atoms with Crippen LogP contribution in [0, 0.1) is 12.8 Å². The molecule has 0 spiro atoms. The van der Waals surface area contributed by atoms with Crippen molar-refractivity contribution in [2.75, 3.05) is 33.4 Å². The molecule has 114 valence electrons. The van der Waals surface area contributed by atoms with Gasteiger partial charge in [0.2, 0.25) is 0 Å². The van der Waals surface area contributed by atoms with Gasteiger partial charge in [0.25, 0.3) is 0 Å². The van der Waals surface area contributed by atoms with Crippen LogP contribution in [0.5, 0.6) is 0 Å². The zero-order valence-corrected chi connectivity index (χ0v) is 13.3. The van der Waals surface area contributed by atoms with Crippen LogP contribution in [0.3, 0.4) is 0 Å². The summed E-state index contributed by atoms with van der Waals surface area (Å²) in [6, 6.07) is 8.06. The van der Waals surface area contributed by atoms with Crippen LogP contribution in [0.2, 0.25) is 0 Å². The minimum absolute atomic E-state index is 0.381. The largest absolute Gasteiger partial charge is 0.388 e. The van der Waals surface area contributed by atoms with Gasteiger partial charge in [0.15, 0.2) is 0 Å². The van der Waals surface area contributed by atoms with E-state index in [0.29, 0.717) is 5.92 Å². The predicted octanol–water partition coefficient (Wildman–Crippen LogP) is 3.02. The summed E-state index contributed by atoms with van der Waals surface area (Å²) < 4.78 is 5.16. The van der Waals surface area contributed by atoms with Gasteiger partial charge in [-0.05, 0) is 30.4 Å². The van der Waals surface area contributed by atoms with Gasteiger partial charge in [0.05, 0.1) is 12.7 Å². The molecule has 0 aliphatic rings. The van der Waals surface area contributed by atoms with Crippen LogP contribution in [0.1, 0.15) is 37.5 Å². The molecule has 0 radical (unpaired) electrons. The molecule has 1 aromatic rings. The lowest BCUT2D eigenvalue weighted by atomic mass is 10.0. The summed E-state index contributed by atoms with van der Waals surface area (Å²) in [5, 5.41) is 10.4. The van der Waals surface area contributed by atoms with Crippen LogP contribution in [0.25, 0.3) is 0 Å². The zero-order chi connectivity index (χ0) is 15.0. The maximum absolute atomic E-state index is 10.4. The molecule has 0 aromatic heterocycles. The zero-order valence-electron chi connectivity index (χ0n) is 13.3. The van der Waals surface area contributed by atoms with Crippen LogP contribution in [0.15, 0.2) is 24.3 Å². The number of nitrogens with zero attached hydrogens (tertiary/aromatic N) is 1. The Hall–Kier alpha value is -0.900. The second-order valence-corrected chi connectivity index (χ2v) is 5.85. The highest BCUT2D eigenvalue weighted by molar-refractivity contribution is 5.27. The number of benzene rings is 1. The molecule has 1 atom stereocenters. The molecule has 1 unspecified atom stereocenters. The second-order valence-electron chi connectivity index (χ2n) is 5.85. The molecule has 3 nitrogen and oxygen atoms in total. The van der Waals surface area contributed by atoms with Gasteiger partial charge in [-0.3, -0.25) is 0 Å². The van der Waals surface area contributed by atoms with E-state index in [2.05, 4.69) is 31.7 Å². The molecular weight excluding hydrogens is 250 g/mol. The van der Waals surface area contributed by atoms with Crippen molar-refractivity contribution in [2.45, 2.75) is 33.3 Å². The van der Waals surface area contributed by atoms with E-state index in [9.17, 15) is 5.11 Å². The van der Waals surface area contributed by atoms with Gasteiger partial charge < -0.3 is 14.7 Å². The van der Waals surface area contributed by atoms with Crippen molar-refractivity contribution in [1.29, 1.82) is 0 Å². The third-order valence-electron chi connectivity index (χ3n) is 3.50. The van der Waals surface area contributed by atoms with E-state index >= 15 is 0 Å². The molecule has 3 heteroatoms. The molecular formula is C17H29NO2. The molecule has 1 aromatic carbocycles. The third-order valence-corrected chi connectivity index (χ3v) is 3.50. The number of aryl methyl sites for hydroxylation is 1. The van der Waals surface area contributed by atoms with Crippen LogP contribution < -0.4 is 0 Å². The minimum Gasteiger partial charge on any atom is -0.388 e. The average molecular weight is 279 g/mol. The van der Waals surface area contributed by atoms with Crippen LogP contribution in [0.4, 0.5) is 0 Å². The number of hydrogen-bond donors (Lipinski definition) is 1. The highest BCUT2D eigenvalue weighted by Gasteiger charge is 2.13. The summed E-state index contributed by atoms with van der Waals surface area (Å²) >= 11 is 0. The van der Waals surface area contributed by atoms with Crippen molar-refractivity contribution in [1.82, 2.24) is 4.90 Å². The summed E-state index contributed by atoms with van der Waals surface area (Å²) in [7, 11) is 1.73. The molecule has 1 rings (SSSR count).